The Morgan fingerprint density at radius 3 is 2.59 bits per heavy atom. The highest BCUT2D eigenvalue weighted by Crippen LogP contribution is 2.44. The van der Waals surface area contributed by atoms with Crippen LogP contribution < -0.4 is 0 Å². The van der Waals surface area contributed by atoms with E-state index >= 15 is 0 Å². The van der Waals surface area contributed by atoms with Crippen molar-refractivity contribution in [3.05, 3.63) is 35.4 Å². The lowest BCUT2D eigenvalue weighted by Crippen LogP contribution is -2.46. The minimum atomic E-state index is -0.466. The first-order valence-corrected chi connectivity index (χ1v) is 6.64. The first-order valence-electron chi connectivity index (χ1n) is 6.64. The highest BCUT2D eigenvalue weighted by atomic mass is 16.7. The van der Waals surface area contributed by atoms with E-state index in [4.69, 9.17) is 9.47 Å². The van der Waals surface area contributed by atoms with Gasteiger partial charge in [0.2, 0.25) is 0 Å². The summed E-state index contributed by atoms with van der Waals surface area (Å²) < 4.78 is 12.4. The van der Waals surface area contributed by atoms with Gasteiger partial charge >= 0.3 is 0 Å². The van der Waals surface area contributed by atoms with Gasteiger partial charge in [-0.15, -0.1) is 0 Å². The lowest BCUT2D eigenvalue weighted by Gasteiger charge is -2.46. The van der Waals surface area contributed by atoms with Crippen LogP contribution in [0, 0.1) is 0 Å². The van der Waals surface area contributed by atoms with Crippen LogP contribution in [-0.2, 0) is 21.7 Å². The van der Waals surface area contributed by atoms with Gasteiger partial charge in [0.05, 0.1) is 12.2 Å². The maximum atomic E-state index is 6.19. The van der Waals surface area contributed by atoms with Gasteiger partial charge in [-0.25, -0.2) is 0 Å². The zero-order chi connectivity index (χ0) is 11.9. The van der Waals surface area contributed by atoms with Crippen LogP contribution in [0.5, 0.6) is 0 Å². The standard InChI is InChI=1S/C15H20O2/c1-11-10-12(2)17-15(16-11)9-5-7-13-6-3-4-8-14(13)15/h3-4,6,8,11-12H,5,7,9-10H2,1-2H3. The zero-order valence-electron chi connectivity index (χ0n) is 10.6. The second kappa shape index (κ2) is 4.11. The Labute approximate surface area is 103 Å². The van der Waals surface area contributed by atoms with Crippen molar-refractivity contribution in [2.75, 3.05) is 0 Å². The van der Waals surface area contributed by atoms with Gasteiger partial charge in [0, 0.05) is 12.0 Å². The van der Waals surface area contributed by atoms with Crippen LogP contribution in [0.1, 0.15) is 44.2 Å². The molecule has 1 aliphatic carbocycles. The van der Waals surface area contributed by atoms with Crippen LogP contribution in [-0.4, -0.2) is 12.2 Å². The number of fused-ring (bicyclic) bond motifs is 2. The number of ether oxygens (including phenoxy) is 2. The van der Waals surface area contributed by atoms with Gasteiger partial charge in [-0.05, 0) is 38.7 Å². The van der Waals surface area contributed by atoms with E-state index < -0.39 is 5.79 Å². The summed E-state index contributed by atoms with van der Waals surface area (Å²) in [7, 11) is 0. The van der Waals surface area contributed by atoms with Crippen LogP contribution >= 0.6 is 0 Å². The van der Waals surface area contributed by atoms with Crippen LogP contribution in [0.3, 0.4) is 0 Å². The Hall–Kier alpha value is -0.860. The summed E-state index contributed by atoms with van der Waals surface area (Å²) in [6.07, 6.45) is 4.83. The van der Waals surface area contributed by atoms with Gasteiger partial charge in [0.25, 0.3) is 0 Å². The summed E-state index contributed by atoms with van der Waals surface area (Å²) in [5, 5.41) is 0. The Kier molecular flexibility index (Phi) is 2.72. The predicted molar refractivity (Wildman–Crippen MR) is 66.8 cm³/mol. The first kappa shape index (κ1) is 11.2. The van der Waals surface area contributed by atoms with Gasteiger partial charge in [-0.3, -0.25) is 0 Å². The fourth-order valence-corrected chi connectivity index (χ4v) is 3.24. The monoisotopic (exact) mass is 232 g/mol. The molecule has 2 nitrogen and oxygen atoms in total. The van der Waals surface area contributed by atoms with E-state index in [0.717, 1.165) is 25.7 Å². The molecule has 0 N–H and O–H groups in total. The average molecular weight is 232 g/mol. The summed E-state index contributed by atoms with van der Waals surface area (Å²) in [6.45, 7) is 4.30. The molecule has 0 bridgehead atoms. The molecule has 92 valence electrons. The van der Waals surface area contributed by atoms with Crippen molar-refractivity contribution in [3.63, 3.8) is 0 Å². The predicted octanol–water partition coefficient (Wildman–Crippen LogP) is 3.39. The number of hydrogen-bond acceptors (Lipinski definition) is 2. The highest BCUT2D eigenvalue weighted by Gasteiger charge is 2.44. The molecule has 1 heterocycles. The molecular weight excluding hydrogens is 212 g/mol. The number of rotatable bonds is 0. The molecule has 1 aromatic rings. The third-order valence-corrected chi connectivity index (χ3v) is 3.83. The van der Waals surface area contributed by atoms with Gasteiger partial charge in [0.15, 0.2) is 5.79 Å². The second-order valence-corrected chi connectivity index (χ2v) is 5.36. The van der Waals surface area contributed by atoms with Crippen molar-refractivity contribution in [1.29, 1.82) is 0 Å². The normalized spacial score (nSPS) is 36.8. The van der Waals surface area contributed by atoms with Crippen molar-refractivity contribution >= 4 is 0 Å². The summed E-state index contributed by atoms with van der Waals surface area (Å²) >= 11 is 0. The van der Waals surface area contributed by atoms with E-state index in [9.17, 15) is 0 Å². The van der Waals surface area contributed by atoms with Crippen LogP contribution in [0.4, 0.5) is 0 Å². The minimum Gasteiger partial charge on any atom is -0.343 e. The minimum absolute atomic E-state index is 0.282. The van der Waals surface area contributed by atoms with Crippen molar-refractivity contribution in [2.45, 2.75) is 57.5 Å². The molecule has 2 atom stereocenters. The molecule has 17 heavy (non-hydrogen) atoms. The first-order chi connectivity index (χ1) is 8.20. The molecule has 2 aliphatic rings. The van der Waals surface area contributed by atoms with Gasteiger partial charge in [-0.1, -0.05) is 24.3 Å². The zero-order valence-corrected chi connectivity index (χ0v) is 10.6. The number of aryl methyl sites for hydroxylation is 1. The molecule has 0 saturated carbocycles. The lowest BCUT2D eigenvalue weighted by molar-refractivity contribution is -0.326. The second-order valence-electron chi connectivity index (χ2n) is 5.36. The molecule has 1 fully saturated rings. The Morgan fingerprint density at radius 1 is 1.12 bits per heavy atom. The maximum absolute atomic E-state index is 6.19. The summed E-state index contributed by atoms with van der Waals surface area (Å²) in [5.74, 6) is -0.466. The molecule has 1 aliphatic heterocycles. The van der Waals surface area contributed by atoms with E-state index in [-0.39, 0.29) is 12.2 Å². The fraction of sp³-hybridized carbons (Fsp3) is 0.600. The van der Waals surface area contributed by atoms with Crippen LogP contribution in [0.15, 0.2) is 24.3 Å². The van der Waals surface area contributed by atoms with Crippen molar-refractivity contribution in [2.24, 2.45) is 0 Å². The molecule has 1 spiro atoms. The quantitative estimate of drug-likeness (QED) is 0.682. The SMILES string of the molecule is CC1CC(C)OC2(CCCc3ccccc32)O1. The Balaban J connectivity index is 2.03. The third-order valence-electron chi connectivity index (χ3n) is 3.83. The summed E-state index contributed by atoms with van der Waals surface area (Å²) in [6, 6.07) is 8.56. The molecule has 0 amide bonds. The lowest BCUT2D eigenvalue weighted by atomic mass is 9.85. The van der Waals surface area contributed by atoms with Gasteiger partial charge < -0.3 is 9.47 Å². The van der Waals surface area contributed by atoms with E-state index in [2.05, 4.69) is 38.1 Å². The highest BCUT2D eigenvalue weighted by molar-refractivity contribution is 5.33. The maximum Gasteiger partial charge on any atom is 0.195 e. The number of hydrogen-bond donors (Lipinski definition) is 0. The summed E-state index contributed by atoms with van der Waals surface area (Å²) in [5.41, 5.74) is 2.64. The van der Waals surface area contributed by atoms with Crippen LogP contribution in [0.2, 0.25) is 0 Å². The number of benzene rings is 1. The molecule has 1 aromatic carbocycles. The van der Waals surface area contributed by atoms with E-state index in [1.54, 1.807) is 0 Å². The Morgan fingerprint density at radius 2 is 1.82 bits per heavy atom. The van der Waals surface area contributed by atoms with Crippen LogP contribution in [0.25, 0.3) is 0 Å². The topological polar surface area (TPSA) is 18.5 Å². The van der Waals surface area contributed by atoms with Crippen molar-refractivity contribution in [1.82, 2.24) is 0 Å². The molecule has 1 saturated heterocycles. The van der Waals surface area contributed by atoms with Gasteiger partial charge in [-0.2, -0.15) is 0 Å². The third kappa shape index (κ3) is 1.90. The molecule has 0 aromatic heterocycles. The van der Waals surface area contributed by atoms with E-state index in [0.29, 0.717) is 0 Å². The molecule has 2 unspecified atom stereocenters. The van der Waals surface area contributed by atoms with Gasteiger partial charge in [0.1, 0.15) is 0 Å². The molecule has 2 heteroatoms. The molecule has 3 rings (SSSR count). The summed E-state index contributed by atoms with van der Waals surface area (Å²) in [4.78, 5) is 0. The van der Waals surface area contributed by atoms with Crippen molar-refractivity contribution < 1.29 is 9.47 Å². The van der Waals surface area contributed by atoms with Crippen molar-refractivity contribution in [3.8, 4) is 0 Å². The smallest absolute Gasteiger partial charge is 0.195 e. The van der Waals surface area contributed by atoms with E-state index in [1.165, 1.54) is 11.1 Å². The molecule has 0 radical (unpaired) electrons. The largest absolute Gasteiger partial charge is 0.343 e. The fourth-order valence-electron chi connectivity index (χ4n) is 3.24. The molecular formula is C15H20O2. The average Bonchev–Trinajstić information content (AvgIpc) is 2.28. The Bertz CT molecular complexity index is 403. The van der Waals surface area contributed by atoms with E-state index in [1.807, 2.05) is 0 Å².